The van der Waals surface area contributed by atoms with Gasteiger partial charge < -0.3 is 5.32 Å². The zero-order valence-corrected chi connectivity index (χ0v) is 14.1. The highest BCUT2D eigenvalue weighted by Crippen LogP contribution is 2.15. The molecule has 0 radical (unpaired) electrons. The fraction of sp³-hybridized carbons (Fsp3) is 0.667. The molecule has 0 aliphatic heterocycles. The molecular weight excluding hydrogens is 286 g/mol. The monoisotopic (exact) mass is 311 g/mol. The quantitative estimate of drug-likeness (QED) is 0.453. The molecule has 0 saturated carbocycles. The van der Waals surface area contributed by atoms with Crippen LogP contribution in [0.25, 0.3) is 0 Å². The van der Waals surface area contributed by atoms with E-state index in [1.54, 1.807) is 17.7 Å². The molecule has 0 bridgehead atoms. The van der Waals surface area contributed by atoms with Crippen LogP contribution in [0.3, 0.4) is 0 Å². The summed E-state index contributed by atoms with van der Waals surface area (Å²) >= 11 is 1.53. The molecule has 6 heteroatoms. The summed E-state index contributed by atoms with van der Waals surface area (Å²) in [5.74, 6) is 1.34. The first-order valence-corrected chi connectivity index (χ1v) is 8.39. The standard InChI is InChI=1S/C15H25N3O2S/c1-5-12-9-14(20)18(4)15(17-12)21-8-6-7-13(19)16-10-11(2)3/h9,11H,5-8,10H2,1-4H3,(H,16,19). The van der Waals surface area contributed by atoms with Crippen LogP contribution in [0.2, 0.25) is 0 Å². The molecule has 1 aromatic heterocycles. The molecule has 5 nitrogen and oxygen atoms in total. The third-order valence-corrected chi connectivity index (χ3v) is 4.11. The van der Waals surface area contributed by atoms with Gasteiger partial charge in [0.15, 0.2) is 5.16 Å². The van der Waals surface area contributed by atoms with Gasteiger partial charge in [0.05, 0.1) is 0 Å². The summed E-state index contributed by atoms with van der Waals surface area (Å²) in [4.78, 5) is 27.8. The van der Waals surface area contributed by atoms with E-state index in [1.807, 2.05) is 6.92 Å². The van der Waals surface area contributed by atoms with Crippen molar-refractivity contribution in [3.63, 3.8) is 0 Å². The third kappa shape index (κ3) is 6.33. The Kier molecular flexibility index (Phi) is 7.50. The predicted octanol–water partition coefficient (Wildman–Crippen LogP) is 1.99. The van der Waals surface area contributed by atoms with Crippen molar-refractivity contribution in [2.45, 2.75) is 45.2 Å². The second kappa shape index (κ2) is 8.87. The Labute approximate surface area is 130 Å². The second-order valence-electron chi connectivity index (χ2n) is 5.43. The van der Waals surface area contributed by atoms with E-state index in [2.05, 4.69) is 24.1 Å². The average molecular weight is 311 g/mol. The molecule has 0 spiro atoms. The van der Waals surface area contributed by atoms with E-state index in [0.717, 1.165) is 36.0 Å². The Morgan fingerprint density at radius 3 is 2.81 bits per heavy atom. The van der Waals surface area contributed by atoms with Crippen molar-refractivity contribution < 1.29 is 4.79 Å². The number of aromatic nitrogens is 2. The maximum atomic E-state index is 11.8. The van der Waals surface area contributed by atoms with E-state index in [4.69, 9.17) is 0 Å². The summed E-state index contributed by atoms with van der Waals surface area (Å²) in [5, 5.41) is 3.62. The van der Waals surface area contributed by atoms with Crippen molar-refractivity contribution >= 4 is 17.7 Å². The highest BCUT2D eigenvalue weighted by Gasteiger charge is 2.07. The van der Waals surface area contributed by atoms with Gasteiger partial charge in [0.25, 0.3) is 5.56 Å². The molecule has 0 fully saturated rings. The Morgan fingerprint density at radius 1 is 1.48 bits per heavy atom. The summed E-state index contributed by atoms with van der Waals surface area (Å²) in [6.45, 7) is 6.85. The smallest absolute Gasteiger partial charge is 0.254 e. The number of thioether (sulfide) groups is 1. The van der Waals surface area contributed by atoms with E-state index >= 15 is 0 Å². The molecule has 1 N–H and O–H groups in total. The first kappa shape index (κ1) is 17.8. The second-order valence-corrected chi connectivity index (χ2v) is 6.49. The van der Waals surface area contributed by atoms with Crippen LogP contribution in [0.4, 0.5) is 0 Å². The van der Waals surface area contributed by atoms with Crippen LogP contribution in [0.1, 0.15) is 39.3 Å². The third-order valence-electron chi connectivity index (χ3n) is 3.00. The van der Waals surface area contributed by atoms with Gasteiger partial charge >= 0.3 is 0 Å². The minimum Gasteiger partial charge on any atom is -0.356 e. The number of carbonyl (C=O) groups excluding carboxylic acids is 1. The highest BCUT2D eigenvalue weighted by molar-refractivity contribution is 7.99. The number of carbonyl (C=O) groups is 1. The normalized spacial score (nSPS) is 10.9. The summed E-state index contributed by atoms with van der Waals surface area (Å²) < 4.78 is 1.56. The van der Waals surface area contributed by atoms with Crippen LogP contribution in [0.15, 0.2) is 16.0 Å². The molecule has 0 aliphatic carbocycles. The van der Waals surface area contributed by atoms with Crippen LogP contribution in [0.5, 0.6) is 0 Å². The van der Waals surface area contributed by atoms with Gasteiger partial charge in [-0.25, -0.2) is 4.98 Å². The molecule has 0 aromatic carbocycles. The van der Waals surface area contributed by atoms with Gasteiger partial charge in [0.1, 0.15) is 0 Å². The zero-order valence-electron chi connectivity index (χ0n) is 13.3. The topological polar surface area (TPSA) is 64.0 Å². The van der Waals surface area contributed by atoms with Crippen LogP contribution in [-0.4, -0.2) is 27.8 Å². The van der Waals surface area contributed by atoms with Crippen LogP contribution in [-0.2, 0) is 18.3 Å². The van der Waals surface area contributed by atoms with Gasteiger partial charge in [0, 0.05) is 37.5 Å². The van der Waals surface area contributed by atoms with Gasteiger partial charge in [-0.15, -0.1) is 0 Å². The maximum absolute atomic E-state index is 11.8. The van der Waals surface area contributed by atoms with Crippen LogP contribution >= 0.6 is 11.8 Å². The number of hydrogen-bond donors (Lipinski definition) is 1. The molecule has 21 heavy (non-hydrogen) atoms. The number of nitrogens with one attached hydrogen (secondary N) is 1. The van der Waals surface area contributed by atoms with Crippen molar-refractivity contribution in [3.8, 4) is 0 Å². The molecule has 0 saturated heterocycles. The Balaban J connectivity index is 2.41. The van der Waals surface area contributed by atoms with Crippen molar-refractivity contribution in [2.75, 3.05) is 12.3 Å². The molecule has 0 aliphatic rings. The highest BCUT2D eigenvalue weighted by atomic mass is 32.2. The first-order valence-electron chi connectivity index (χ1n) is 7.40. The Morgan fingerprint density at radius 2 is 2.19 bits per heavy atom. The van der Waals surface area contributed by atoms with Crippen molar-refractivity contribution in [1.29, 1.82) is 0 Å². The first-order chi connectivity index (χ1) is 9.93. The average Bonchev–Trinajstić information content (AvgIpc) is 2.45. The number of aryl methyl sites for hydroxylation is 1. The fourth-order valence-electron chi connectivity index (χ4n) is 1.68. The molecule has 1 amide bonds. The Hall–Kier alpha value is -1.30. The summed E-state index contributed by atoms with van der Waals surface area (Å²) in [5.41, 5.74) is 0.786. The molecule has 1 rings (SSSR count). The summed E-state index contributed by atoms with van der Waals surface area (Å²) in [7, 11) is 1.73. The SMILES string of the molecule is CCc1cc(=O)n(C)c(SCCCC(=O)NCC(C)C)n1. The fourth-order valence-corrected chi connectivity index (χ4v) is 2.61. The Bertz CT molecular complexity index is 526. The van der Waals surface area contributed by atoms with E-state index < -0.39 is 0 Å². The van der Waals surface area contributed by atoms with E-state index in [9.17, 15) is 9.59 Å². The van der Waals surface area contributed by atoms with Gasteiger partial charge in [-0.3, -0.25) is 14.2 Å². The van der Waals surface area contributed by atoms with Gasteiger partial charge in [-0.2, -0.15) is 0 Å². The lowest BCUT2D eigenvalue weighted by molar-refractivity contribution is -0.121. The zero-order chi connectivity index (χ0) is 15.8. The van der Waals surface area contributed by atoms with Gasteiger partial charge in [-0.05, 0) is 18.8 Å². The molecular formula is C15H25N3O2S. The number of nitrogens with zero attached hydrogens (tertiary/aromatic N) is 2. The van der Waals surface area contributed by atoms with Crippen LogP contribution < -0.4 is 10.9 Å². The van der Waals surface area contributed by atoms with Gasteiger partial charge in [-0.1, -0.05) is 32.5 Å². The molecule has 0 unspecified atom stereocenters. The summed E-state index contributed by atoms with van der Waals surface area (Å²) in [6, 6.07) is 1.57. The molecule has 1 aromatic rings. The van der Waals surface area contributed by atoms with Crippen molar-refractivity contribution in [1.82, 2.24) is 14.9 Å². The lowest BCUT2D eigenvalue weighted by atomic mass is 10.2. The minimum absolute atomic E-state index is 0.0287. The summed E-state index contributed by atoms with van der Waals surface area (Å²) in [6.07, 6.45) is 2.04. The van der Waals surface area contributed by atoms with Gasteiger partial charge in [0.2, 0.25) is 5.91 Å². The molecule has 118 valence electrons. The van der Waals surface area contributed by atoms with E-state index in [-0.39, 0.29) is 11.5 Å². The van der Waals surface area contributed by atoms with Crippen molar-refractivity contribution in [2.24, 2.45) is 13.0 Å². The molecule has 0 atom stereocenters. The maximum Gasteiger partial charge on any atom is 0.254 e. The van der Waals surface area contributed by atoms with E-state index in [0.29, 0.717) is 12.3 Å². The largest absolute Gasteiger partial charge is 0.356 e. The molecule has 1 heterocycles. The van der Waals surface area contributed by atoms with Crippen molar-refractivity contribution in [3.05, 3.63) is 22.1 Å². The van der Waals surface area contributed by atoms with E-state index in [1.165, 1.54) is 11.8 Å². The number of rotatable bonds is 8. The lowest BCUT2D eigenvalue weighted by Crippen LogP contribution is -2.27. The number of amides is 1. The minimum atomic E-state index is -0.0287. The number of hydrogen-bond acceptors (Lipinski definition) is 4. The lowest BCUT2D eigenvalue weighted by Gasteiger charge is -2.09. The predicted molar refractivity (Wildman–Crippen MR) is 86.7 cm³/mol. The van der Waals surface area contributed by atoms with Crippen LogP contribution in [0, 0.1) is 5.92 Å².